The lowest BCUT2D eigenvalue weighted by molar-refractivity contribution is 0.470. The third-order valence-corrected chi connectivity index (χ3v) is 5.04. The summed E-state index contributed by atoms with van der Waals surface area (Å²) < 4.78 is 1.12. The van der Waals surface area contributed by atoms with Crippen LogP contribution in [0.4, 0.5) is 17.3 Å². The van der Waals surface area contributed by atoms with Crippen LogP contribution >= 0.6 is 31.9 Å². The first-order valence-electron chi connectivity index (χ1n) is 7.04. The van der Waals surface area contributed by atoms with Gasteiger partial charge in [0.1, 0.15) is 35.1 Å². The molecule has 9 nitrogen and oxygen atoms in total. The predicted octanol–water partition coefficient (Wildman–Crippen LogP) is 2.29. The lowest BCUT2D eigenvalue weighted by Gasteiger charge is -2.27. The number of aromatic nitrogens is 1. The summed E-state index contributed by atoms with van der Waals surface area (Å²) in [7, 11) is 0. The van der Waals surface area contributed by atoms with Crippen molar-refractivity contribution in [3.8, 4) is 18.0 Å². The molecule has 1 atom stereocenters. The van der Waals surface area contributed by atoms with E-state index in [2.05, 4.69) is 52.5 Å². The van der Waals surface area contributed by atoms with E-state index in [1.807, 2.05) is 6.07 Å². The smallest absolute Gasteiger partial charge is 0.211 e. The fourth-order valence-electron chi connectivity index (χ4n) is 2.57. The van der Waals surface area contributed by atoms with Crippen molar-refractivity contribution in [1.82, 2.24) is 10.3 Å². The third kappa shape index (κ3) is 2.87. The van der Waals surface area contributed by atoms with Gasteiger partial charge in [0.2, 0.25) is 5.96 Å². The Morgan fingerprint density at radius 3 is 2.62 bits per heavy atom. The molecule has 0 fully saturated rings. The molecule has 130 valence electrons. The van der Waals surface area contributed by atoms with E-state index >= 15 is 0 Å². The molecule has 1 unspecified atom stereocenters. The second-order valence-electron chi connectivity index (χ2n) is 5.23. The number of nitrogen functional groups attached to an aromatic ring is 2. The van der Waals surface area contributed by atoms with Gasteiger partial charge < -0.3 is 21.9 Å². The zero-order valence-electron chi connectivity index (χ0n) is 12.9. The molecule has 1 aliphatic rings. The Labute approximate surface area is 164 Å². The van der Waals surface area contributed by atoms with Crippen molar-refractivity contribution in [2.45, 2.75) is 6.04 Å². The van der Waals surface area contributed by atoms with Crippen LogP contribution in [0.1, 0.15) is 22.7 Å². The van der Waals surface area contributed by atoms with Gasteiger partial charge in [0.15, 0.2) is 6.19 Å². The Morgan fingerprint density at radius 1 is 1.23 bits per heavy atom. The molecule has 3 rings (SSSR count). The largest absolute Gasteiger partial charge is 0.507 e. The molecule has 0 aliphatic carbocycles. The minimum Gasteiger partial charge on any atom is -0.507 e. The number of hydrogen-bond acceptors (Lipinski definition) is 9. The van der Waals surface area contributed by atoms with Crippen molar-refractivity contribution in [2.24, 2.45) is 4.99 Å². The van der Waals surface area contributed by atoms with Crippen molar-refractivity contribution < 1.29 is 5.11 Å². The Morgan fingerprint density at radius 2 is 1.96 bits per heavy atom. The average Bonchev–Trinajstić information content (AvgIpc) is 2.58. The van der Waals surface area contributed by atoms with E-state index < -0.39 is 6.04 Å². The van der Waals surface area contributed by atoms with Crippen LogP contribution in [0.5, 0.6) is 5.75 Å². The van der Waals surface area contributed by atoms with Crippen LogP contribution in [0.3, 0.4) is 0 Å². The van der Waals surface area contributed by atoms with Crippen molar-refractivity contribution in [3.05, 3.63) is 37.8 Å². The lowest BCUT2D eigenvalue weighted by atomic mass is 9.95. The highest BCUT2D eigenvalue weighted by atomic mass is 79.9. The summed E-state index contributed by atoms with van der Waals surface area (Å²) in [5, 5.41) is 33.5. The van der Waals surface area contributed by atoms with Crippen molar-refractivity contribution >= 4 is 55.1 Å². The number of nitrogens with zero attached hydrogens (tertiary/aromatic N) is 4. The first-order valence-corrected chi connectivity index (χ1v) is 8.62. The van der Waals surface area contributed by atoms with Crippen LogP contribution in [0.2, 0.25) is 0 Å². The normalized spacial score (nSPS) is 15.1. The molecule has 0 saturated heterocycles. The number of rotatable bonds is 1. The van der Waals surface area contributed by atoms with Gasteiger partial charge in [-0.25, -0.2) is 9.98 Å². The molecule has 26 heavy (non-hydrogen) atoms. The summed E-state index contributed by atoms with van der Waals surface area (Å²) in [6.07, 6.45) is 1.77. The summed E-state index contributed by atoms with van der Waals surface area (Å²) >= 11 is 6.67. The highest BCUT2D eigenvalue weighted by Crippen LogP contribution is 2.44. The van der Waals surface area contributed by atoms with Crippen LogP contribution < -0.4 is 22.1 Å². The maximum absolute atomic E-state index is 10.1. The van der Waals surface area contributed by atoms with Crippen molar-refractivity contribution in [2.75, 3.05) is 16.8 Å². The summed E-state index contributed by atoms with van der Waals surface area (Å²) in [5.41, 5.74) is 13.1. The lowest BCUT2D eigenvalue weighted by Crippen LogP contribution is -2.32. The number of nitrogens with two attached hydrogens (primary N) is 2. The molecule has 0 bridgehead atoms. The molecule has 7 N–H and O–H groups in total. The second kappa shape index (κ2) is 6.71. The van der Waals surface area contributed by atoms with E-state index in [1.165, 1.54) is 6.07 Å². The van der Waals surface area contributed by atoms with Crippen molar-refractivity contribution in [1.29, 1.82) is 10.5 Å². The van der Waals surface area contributed by atoms with Crippen LogP contribution in [0.15, 0.2) is 26.1 Å². The van der Waals surface area contributed by atoms with E-state index in [0.717, 1.165) is 0 Å². The molecule has 1 aromatic heterocycles. The fraction of sp³-hybridized carbons (Fsp3) is 0.0667. The van der Waals surface area contributed by atoms with Gasteiger partial charge in [-0.2, -0.15) is 10.5 Å². The number of halogens is 2. The molecule has 0 radical (unpaired) electrons. The number of nitriles is 2. The molecule has 2 heterocycles. The number of anilines is 3. The highest BCUT2D eigenvalue weighted by Gasteiger charge is 2.31. The van der Waals surface area contributed by atoms with Gasteiger partial charge in [-0.15, -0.1) is 0 Å². The summed E-state index contributed by atoms with van der Waals surface area (Å²) in [6.45, 7) is 0. The SMILES string of the molecule is N#CNC1=NC(c2cc(O)c(Br)cc2Br)c2c(nc(N)c(C#N)c2N)N1. The van der Waals surface area contributed by atoms with Gasteiger partial charge in [0.05, 0.1) is 10.2 Å². The van der Waals surface area contributed by atoms with Crippen LogP contribution in [-0.4, -0.2) is 16.1 Å². The number of nitrogens with one attached hydrogen (secondary N) is 2. The van der Waals surface area contributed by atoms with E-state index in [1.54, 1.807) is 12.3 Å². The van der Waals surface area contributed by atoms with Gasteiger partial charge in [0, 0.05) is 10.0 Å². The number of phenols is 1. The molecule has 2 aromatic rings. The topological polar surface area (TPSA) is 169 Å². The molecule has 1 aromatic carbocycles. The average molecular weight is 478 g/mol. The maximum Gasteiger partial charge on any atom is 0.211 e. The van der Waals surface area contributed by atoms with Gasteiger partial charge in [-0.1, -0.05) is 15.9 Å². The monoisotopic (exact) mass is 476 g/mol. The van der Waals surface area contributed by atoms with E-state index in [9.17, 15) is 10.4 Å². The number of benzene rings is 1. The van der Waals surface area contributed by atoms with Gasteiger partial charge in [0.25, 0.3) is 0 Å². The summed E-state index contributed by atoms with van der Waals surface area (Å²) in [6, 6.07) is 4.35. The minimum atomic E-state index is -0.740. The molecular weight excluding hydrogens is 468 g/mol. The number of guanidine groups is 1. The number of phenolic OH excluding ortho intramolecular Hbond substituents is 1. The fourth-order valence-corrected chi connectivity index (χ4v) is 3.78. The first kappa shape index (κ1) is 17.8. The third-order valence-electron chi connectivity index (χ3n) is 3.72. The van der Waals surface area contributed by atoms with E-state index in [4.69, 9.17) is 16.7 Å². The second-order valence-corrected chi connectivity index (χ2v) is 6.94. The van der Waals surface area contributed by atoms with Gasteiger partial charge >= 0.3 is 0 Å². The maximum atomic E-state index is 10.1. The molecule has 11 heteroatoms. The molecule has 0 saturated carbocycles. The Kier molecular flexibility index (Phi) is 4.59. The van der Waals surface area contributed by atoms with Gasteiger partial charge in [-0.3, -0.25) is 5.32 Å². The van der Waals surface area contributed by atoms with E-state index in [-0.39, 0.29) is 34.6 Å². The summed E-state index contributed by atoms with van der Waals surface area (Å²) in [4.78, 5) is 8.60. The van der Waals surface area contributed by atoms with Crippen LogP contribution in [0, 0.1) is 22.8 Å². The zero-order chi connectivity index (χ0) is 19.0. The number of hydrogen-bond donors (Lipinski definition) is 5. The first-order chi connectivity index (χ1) is 12.4. The number of pyridine rings is 1. The zero-order valence-corrected chi connectivity index (χ0v) is 16.1. The highest BCUT2D eigenvalue weighted by molar-refractivity contribution is 9.11. The number of aliphatic imine (C=N–C) groups is 1. The van der Waals surface area contributed by atoms with Crippen LogP contribution in [0.25, 0.3) is 0 Å². The number of aromatic hydroxyl groups is 1. The Bertz CT molecular complexity index is 1040. The molecular formula is C15H10Br2N8O. The Balaban J connectivity index is 2.30. The minimum absolute atomic E-state index is 0.00393. The molecule has 0 amide bonds. The number of fused-ring (bicyclic) bond motifs is 1. The molecule has 1 aliphatic heterocycles. The van der Waals surface area contributed by atoms with Crippen molar-refractivity contribution in [3.63, 3.8) is 0 Å². The molecule has 0 spiro atoms. The standard InChI is InChI=1S/C15H10Br2N8O/c16-7-2-8(17)9(26)1-5(7)12-10-11(20)6(3-18)13(21)24-14(10)25-15(23-12)22-4-19/h1-2,12,26H,(H6,20,21,22,23,24,25). The summed E-state index contributed by atoms with van der Waals surface area (Å²) in [5.74, 6) is 0.364. The predicted molar refractivity (Wildman–Crippen MR) is 103 cm³/mol. The van der Waals surface area contributed by atoms with E-state index in [0.29, 0.717) is 20.1 Å². The quantitative estimate of drug-likeness (QED) is 0.307. The van der Waals surface area contributed by atoms with Crippen LogP contribution in [-0.2, 0) is 0 Å². The van der Waals surface area contributed by atoms with Gasteiger partial charge in [-0.05, 0) is 33.6 Å². The Hall–Kier alpha value is -3.02.